The number of alkyl halides is 2. The summed E-state index contributed by atoms with van der Waals surface area (Å²) >= 11 is 0. The Hall–Kier alpha value is -0.970. The van der Waals surface area contributed by atoms with Gasteiger partial charge in [-0.3, -0.25) is 4.79 Å². The Kier molecular flexibility index (Phi) is 2.06. The first-order valence-corrected chi connectivity index (χ1v) is 4.45. The topological polar surface area (TPSA) is 35.5 Å². The minimum absolute atomic E-state index is 0.104. The second-order valence-corrected chi connectivity index (χ2v) is 3.31. The summed E-state index contributed by atoms with van der Waals surface area (Å²) in [6.07, 6.45) is 0.695. The molecule has 0 spiro atoms. The highest BCUT2D eigenvalue weighted by molar-refractivity contribution is 5.76. The van der Waals surface area contributed by atoms with Gasteiger partial charge in [-0.2, -0.15) is 0 Å². The molecule has 78 valence electrons. The molecule has 2 aliphatic heterocycles. The molecule has 2 aliphatic rings. The monoisotopic (exact) mass is 204 g/mol. The molecule has 0 amide bonds. The van der Waals surface area contributed by atoms with Crippen LogP contribution in [-0.4, -0.2) is 30.7 Å². The number of ether oxygens (including phenoxy) is 2. The third kappa shape index (κ3) is 1.15. The number of rotatable bonds is 2. The molecule has 3 atom stereocenters. The summed E-state index contributed by atoms with van der Waals surface area (Å²) in [5.74, 6) is -5.49. The van der Waals surface area contributed by atoms with Crippen molar-refractivity contribution in [1.82, 2.24) is 0 Å². The Morgan fingerprint density at radius 1 is 1.57 bits per heavy atom. The zero-order valence-corrected chi connectivity index (χ0v) is 7.57. The minimum Gasteiger partial charge on any atom is -0.466 e. The fourth-order valence-electron chi connectivity index (χ4n) is 1.80. The number of fused-ring (bicyclic) bond motifs is 2. The van der Waals surface area contributed by atoms with Crippen LogP contribution in [0.3, 0.4) is 0 Å². The van der Waals surface area contributed by atoms with E-state index in [1.807, 2.05) is 0 Å². The van der Waals surface area contributed by atoms with E-state index in [9.17, 15) is 13.6 Å². The van der Waals surface area contributed by atoms with Crippen LogP contribution in [0.1, 0.15) is 6.92 Å². The molecule has 2 rings (SSSR count). The van der Waals surface area contributed by atoms with E-state index in [2.05, 4.69) is 4.74 Å². The molecule has 0 aromatic carbocycles. The third-order valence-electron chi connectivity index (χ3n) is 2.44. The van der Waals surface area contributed by atoms with Crippen LogP contribution in [0.25, 0.3) is 0 Å². The Labute approximate surface area is 79.7 Å². The van der Waals surface area contributed by atoms with E-state index < -0.39 is 30.0 Å². The zero-order chi connectivity index (χ0) is 10.3. The van der Waals surface area contributed by atoms with Crippen molar-refractivity contribution in [2.24, 2.45) is 5.92 Å². The third-order valence-corrected chi connectivity index (χ3v) is 2.44. The minimum atomic E-state index is -3.13. The van der Waals surface area contributed by atoms with Crippen LogP contribution < -0.4 is 0 Å². The molecule has 2 bridgehead atoms. The summed E-state index contributed by atoms with van der Waals surface area (Å²) in [5.41, 5.74) is 0. The van der Waals surface area contributed by atoms with E-state index in [0.717, 1.165) is 0 Å². The van der Waals surface area contributed by atoms with Gasteiger partial charge in [0.1, 0.15) is 6.10 Å². The lowest BCUT2D eigenvalue weighted by atomic mass is 9.90. The normalized spacial score (nSPS) is 37.5. The first-order valence-electron chi connectivity index (χ1n) is 4.45. The van der Waals surface area contributed by atoms with Crippen LogP contribution in [0, 0.1) is 5.92 Å². The summed E-state index contributed by atoms with van der Waals surface area (Å²) in [7, 11) is 0. The Morgan fingerprint density at radius 3 is 2.79 bits per heavy atom. The number of carbonyl (C=O) groups is 1. The first-order chi connectivity index (χ1) is 6.57. The van der Waals surface area contributed by atoms with Gasteiger partial charge in [-0.25, -0.2) is 8.78 Å². The van der Waals surface area contributed by atoms with Gasteiger partial charge < -0.3 is 9.47 Å². The van der Waals surface area contributed by atoms with Gasteiger partial charge in [0.15, 0.2) is 5.92 Å². The average Bonchev–Trinajstić information content (AvgIpc) is 2.61. The van der Waals surface area contributed by atoms with E-state index in [0.29, 0.717) is 0 Å². The highest BCUT2D eigenvalue weighted by atomic mass is 19.3. The number of halogens is 2. The van der Waals surface area contributed by atoms with Crippen molar-refractivity contribution in [2.75, 3.05) is 6.61 Å². The van der Waals surface area contributed by atoms with E-state index >= 15 is 0 Å². The van der Waals surface area contributed by atoms with Crippen molar-refractivity contribution in [2.45, 2.75) is 25.1 Å². The molecule has 0 N–H and O–H groups in total. The molecular formula is C9H10F2O3. The Bertz CT molecular complexity index is 288. The van der Waals surface area contributed by atoms with E-state index in [-0.39, 0.29) is 6.61 Å². The average molecular weight is 204 g/mol. The van der Waals surface area contributed by atoms with Crippen LogP contribution in [-0.2, 0) is 14.3 Å². The molecule has 0 aromatic heterocycles. The zero-order valence-electron chi connectivity index (χ0n) is 7.57. The van der Waals surface area contributed by atoms with Crippen LogP contribution in [0.15, 0.2) is 12.2 Å². The maximum Gasteiger partial charge on any atom is 0.318 e. The van der Waals surface area contributed by atoms with Crippen molar-refractivity contribution < 1.29 is 23.0 Å². The molecule has 0 aromatic rings. The van der Waals surface area contributed by atoms with Crippen LogP contribution in [0.4, 0.5) is 8.78 Å². The SMILES string of the molecule is CCOC(=O)[C@H]1[C@H]2C=C[C@H](O2)C1(F)F. The van der Waals surface area contributed by atoms with Crippen molar-refractivity contribution in [3.63, 3.8) is 0 Å². The Morgan fingerprint density at radius 2 is 2.29 bits per heavy atom. The van der Waals surface area contributed by atoms with Crippen molar-refractivity contribution in [3.05, 3.63) is 12.2 Å². The molecule has 0 saturated carbocycles. The summed E-state index contributed by atoms with van der Waals surface area (Å²) in [5, 5.41) is 0. The first kappa shape index (κ1) is 9.58. The second kappa shape index (κ2) is 3.02. The van der Waals surface area contributed by atoms with Gasteiger partial charge in [-0.15, -0.1) is 0 Å². The lowest BCUT2D eigenvalue weighted by molar-refractivity contribution is -0.160. The largest absolute Gasteiger partial charge is 0.466 e. The quantitative estimate of drug-likeness (QED) is 0.499. The number of carbonyl (C=O) groups excluding carboxylic acids is 1. The van der Waals surface area contributed by atoms with Crippen molar-refractivity contribution in [3.8, 4) is 0 Å². The summed E-state index contributed by atoms with van der Waals surface area (Å²) in [6.45, 7) is 1.69. The van der Waals surface area contributed by atoms with Gasteiger partial charge in [0, 0.05) is 0 Å². The molecule has 2 heterocycles. The molecule has 5 heteroatoms. The second-order valence-electron chi connectivity index (χ2n) is 3.31. The van der Waals surface area contributed by atoms with Crippen molar-refractivity contribution >= 4 is 5.97 Å². The van der Waals surface area contributed by atoms with Gasteiger partial charge in [-0.1, -0.05) is 12.2 Å². The van der Waals surface area contributed by atoms with E-state index in [4.69, 9.17) is 4.74 Å². The molecule has 0 aliphatic carbocycles. The number of esters is 1. The lowest BCUT2D eigenvalue weighted by Gasteiger charge is -2.22. The van der Waals surface area contributed by atoms with Gasteiger partial charge >= 0.3 is 5.97 Å². The highest BCUT2D eigenvalue weighted by Gasteiger charge is 2.63. The number of hydrogen-bond donors (Lipinski definition) is 0. The van der Waals surface area contributed by atoms with Crippen molar-refractivity contribution in [1.29, 1.82) is 0 Å². The molecular weight excluding hydrogens is 194 g/mol. The standard InChI is InChI=1S/C9H10F2O3/c1-2-13-8(12)7-5-3-4-6(14-5)9(7,10)11/h3-7H,2H2,1H3/t5-,6+,7-/m1/s1. The maximum atomic E-state index is 13.4. The molecule has 0 radical (unpaired) electrons. The van der Waals surface area contributed by atoms with Gasteiger partial charge in [0.2, 0.25) is 0 Å². The molecule has 0 unspecified atom stereocenters. The van der Waals surface area contributed by atoms with Crippen LogP contribution >= 0.6 is 0 Å². The van der Waals surface area contributed by atoms with E-state index in [1.54, 1.807) is 6.92 Å². The number of hydrogen-bond acceptors (Lipinski definition) is 3. The summed E-state index contributed by atoms with van der Waals surface area (Å²) in [4.78, 5) is 11.2. The van der Waals surface area contributed by atoms with E-state index in [1.165, 1.54) is 12.2 Å². The summed E-state index contributed by atoms with van der Waals surface area (Å²) < 4.78 is 36.3. The highest BCUT2D eigenvalue weighted by Crippen LogP contribution is 2.46. The molecule has 1 fully saturated rings. The van der Waals surface area contributed by atoms with Crippen LogP contribution in [0.5, 0.6) is 0 Å². The maximum absolute atomic E-state index is 13.4. The lowest BCUT2D eigenvalue weighted by Crippen LogP contribution is -2.42. The molecule has 14 heavy (non-hydrogen) atoms. The Balaban J connectivity index is 2.19. The predicted molar refractivity (Wildman–Crippen MR) is 42.9 cm³/mol. The van der Waals surface area contributed by atoms with Gasteiger partial charge in [0.25, 0.3) is 5.92 Å². The fourth-order valence-corrected chi connectivity index (χ4v) is 1.80. The van der Waals surface area contributed by atoms with Gasteiger partial charge in [-0.05, 0) is 6.92 Å². The molecule has 1 saturated heterocycles. The van der Waals surface area contributed by atoms with Gasteiger partial charge in [0.05, 0.1) is 12.7 Å². The molecule has 3 nitrogen and oxygen atoms in total. The summed E-state index contributed by atoms with van der Waals surface area (Å²) in [6, 6.07) is 0. The van der Waals surface area contributed by atoms with Crippen LogP contribution in [0.2, 0.25) is 0 Å². The predicted octanol–water partition coefficient (Wildman–Crippen LogP) is 1.14. The fraction of sp³-hybridized carbons (Fsp3) is 0.667. The smallest absolute Gasteiger partial charge is 0.318 e.